The zero-order chi connectivity index (χ0) is 13.0. The van der Waals surface area contributed by atoms with Crippen LogP contribution in [0.15, 0.2) is 22.8 Å². The van der Waals surface area contributed by atoms with Crippen LogP contribution in [0.3, 0.4) is 0 Å². The summed E-state index contributed by atoms with van der Waals surface area (Å²) in [7, 11) is 0. The number of aryl methyl sites for hydroxylation is 1. The first-order valence-corrected chi connectivity index (χ1v) is 6.28. The Labute approximate surface area is 111 Å². The number of hydrogen-bond donors (Lipinski definition) is 1. The predicted molar refractivity (Wildman–Crippen MR) is 70.1 cm³/mol. The van der Waals surface area contributed by atoms with E-state index in [1.165, 1.54) is 0 Å². The number of nitrogens with zero attached hydrogens (tertiary/aromatic N) is 1. The van der Waals surface area contributed by atoms with E-state index in [4.69, 9.17) is 27.1 Å². The van der Waals surface area contributed by atoms with Crippen molar-refractivity contribution in [3.8, 4) is 0 Å². The van der Waals surface area contributed by atoms with Crippen LogP contribution in [0, 0.1) is 0 Å². The summed E-state index contributed by atoms with van der Waals surface area (Å²) < 4.78 is 10.6. The smallest absolute Gasteiger partial charge is 0.223 e. The van der Waals surface area contributed by atoms with Crippen molar-refractivity contribution in [2.75, 3.05) is 19.7 Å². The van der Waals surface area contributed by atoms with E-state index < -0.39 is 0 Å². The van der Waals surface area contributed by atoms with Crippen LogP contribution in [-0.2, 0) is 16.0 Å². The molecular formula is C12H16N2O3S. The molecule has 1 aliphatic rings. The molecule has 0 radical (unpaired) electrons. The van der Waals surface area contributed by atoms with Gasteiger partial charge in [0.2, 0.25) is 5.91 Å². The monoisotopic (exact) mass is 268 g/mol. The van der Waals surface area contributed by atoms with E-state index in [-0.39, 0.29) is 12.0 Å². The highest BCUT2D eigenvalue weighted by atomic mass is 32.1. The summed E-state index contributed by atoms with van der Waals surface area (Å²) in [5.41, 5.74) is 5.53. The van der Waals surface area contributed by atoms with Crippen LogP contribution in [0.5, 0.6) is 0 Å². The summed E-state index contributed by atoms with van der Waals surface area (Å²) in [6, 6.07) is 3.68. The third-order valence-corrected chi connectivity index (χ3v) is 3.16. The topological polar surface area (TPSA) is 68.7 Å². The van der Waals surface area contributed by atoms with Crippen molar-refractivity contribution in [3.05, 3.63) is 24.2 Å². The normalized spacial score (nSPS) is 19.8. The predicted octanol–water partition coefficient (Wildman–Crippen LogP) is 0.726. The van der Waals surface area contributed by atoms with E-state index >= 15 is 0 Å². The number of amides is 1. The fourth-order valence-electron chi connectivity index (χ4n) is 1.89. The molecule has 0 spiro atoms. The summed E-state index contributed by atoms with van der Waals surface area (Å²) >= 11 is 4.88. The Morgan fingerprint density at radius 1 is 1.61 bits per heavy atom. The molecule has 0 aliphatic carbocycles. The van der Waals surface area contributed by atoms with E-state index in [1.54, 1.807) is 11.2 Å². The van der Waals surface area contributed by atoms with Crippen LogP contribution in [0.1, 0.15) is 12.2 Å². The minimum atomic E-state index is -0.318. The van der Waals surface area contributed by atoms with E-state index in [1.807, 2.05) is 12.1 Å². The number of carbonyl (C=O) groups is 1. The van der Waals surface area contributed by atoms with Gasteiger partial charge in [0.1, 0.15) is 16.9 Å². The summed E-state index contributed by atoms with van der Waals surface area (Å²) in [6.45, 7) is 1.52. The second-order valence-corrected chi connectivity index (χ2v) is 4.65. The summed E-state index contributed by atoms with van der Waals surface area (Å²) in [4.78, 5) is 14.1. The molecule has 98 valence electrons. The van der Waals surface area contributed by atoms with E-state index in [0.717, 1.165) is 5.76 Å². The van der Waals surface area contributed by atoms with Crippen LogP contribution < -0.4 is 5.73 Å². The van der Waals surface area contributed by atoms with Crippen LogP contribution >= 0.6 is 12.2 Å². The zero-order valence-electron chi connectivity index (χ0n) is 10.0. The molecule has 1 aromatic heterocycles. The lowest BCUT2D eigenvalue weighted by atomic mass is 10.2. The number of furan rings is 1. The molecule has 0 saturated carbocycles. The van der Waals surface area contributed by atoms with Gasteiger partial charge in [-0.25, -0.2) is 0 Å². The Bertz CT molecular complexity index is 419. The minimum Gasteiger partial charge on any atom is -0.469 e. The van der Waals surface area contributed by atoms with Crippen molar-refractivity contribution in [1.29, 1.82) is 0 Å². The minimum absolute atomic E-state index is 0.0796. The lowest BCUT2D eigenvalue weighted by Gasteiger charge is -2.32. The number of rotatable bonds is 4. The first-order valence-electron chi connectivity index (χ1n) is 5.88. The number of hydrogen-bond acceptors (Lipinski definition) is 4. The van der Waals surface area contributed by atoms with Gasteiger partial charge in [-0.2, -0.15) is 0 Å². The van der Waals surface area contributed by atoms with Crippen molar-refractivity contribution in [1.82, 2.24) is 4.90 Å². The fraction of sp³-hybridized carbons (Fsp3) is 0.500. The molecule has 1 amide bonds. The molecule has 0 bridgehead atoms. The number of thiocarbonyl (C=S) groups is 1. The highest BCUT2D eigenvalue weighted by Gasteiger charge is 2.25. The van der Waals surface area contributed by atoms with Crippen LogP contribution in [0.4, 0.5) is 0 Å². The van der Waals surface area contributed by atoms with Gasteiger partial charge in [-0.3, -0.25) is 4.79 Å². The van der Waals surface area contributed by atoms with E-state index in [0.29, 0.717) is 37.5 Å². The third kappa shape index (κ3) is 3.30. The molecule has 1 unspecified atom stereocenters. The summed E-state index contributed by atoms with van der Waals surface area (Å²) in [5, 5.41) is 0. The molecule has 2 rings (SSSR count). The first kappa shape index (κ1) is 13.0. The zero-order valence-corrected chi connectivity index (χ0v) is 10.8. The van der Waals surface area contributed by atoms with Gasteiger partial charge in [0, 0.05) is 19.4 Å². The molecule has 2 N–H and O–H groups in total. The molecule has 1 aliphatic heterocycles. The maximum absolute atomic E-state index is 12.0. The lowest BCUT2D eigenvalue weighted by Crippen LogP contribution is -2.49. The average molecular weight is 268 g/mol. The van der Waals surface area contributed by atoms with Gasteiger partial charge in [-0.1, -0.05) is 12.2 Å². The molecule has 0 aromatic carbocycles. The van der Waals surface area contributed by atoms with E-state index in [2.05, 4.69) is 0 Å². The van der Waals surface area contributed by atoms with Gasteiger partial charge >= 0.3 is 0 Å². The molecule has 1 aromatic rings. The maximum atomic E-state index is 12.0. The lowest BCUT2D eigenvalue weighted by molar-refractivity contribution is -0.136. The Balaban J connectivity index is 1.83. The van der Waals surface area contributed by atoms with Gasteiger partial charge in [0.25, 0.3) is 0 Å². The number of carbonyl (C=O) groups excluding carboxylic acids is 1. The molecule has 2 heterocycles. The molecule has 18 heavy (non-hydrogen) atoms. The van der Waals surface area contributed by atoms with Crippen molar-refractivity contribution >= 4 is 23.1 Å². The van der Waals surface area contributed by atoms with Crippen molar-refractivity contribution < 1.29 is 13.9 Å². The molecule has 1 atom stereocenters. The Morgan fingerprint density at radius 2 is 2.44 bits per heavy atom. The summed E-state index contributed by atoms with van der Waals surface area (Å²) in [5.74, 6) is 0.901. The van der Waals surface area contributed by atoms with Crippen molar-refractivity contribution in [2.45, 2.75) is 18.9 Å². The van der Waals surface area contributed by atoms with E-state index in [9.17, 15) is 4.79 Å². The molecule has 5 nitrogen and oxygen atoms in total. The SMILES string of the molecule is NC(=S)C1CN(C(=O)CCc2ccco2)CCO1. The molecule has 1 fully saturated rings. The quantitative estimate of drug-likeness (QED) is 0.815. The molecule has 6 heteroatoms. The Hall–Kier alpha value is -1.40. The standard InChI is InChI=1S/C12H16N2O3S/c13-12(18)10-8-14(5-7-17-10)11(15)4-3-9-2-1-6-16-9/h1-2,6,10H,3-5,7-8H2,(H2,13,18). The van der Waals surface area contributed by atoms with Gasteiger partial charge in [-0.05, 0) is 12.1 Å². The van der Waals surface area contributed by atoms with Gasteiger partial charge in [-0.15, -0.1) is 0 Å². The van der Waals surface area contributed by atoms with Crippen LogP contribution in [0.2, 0.25) is 0 Å². The third-order valence-electron chi connectivity index (χ3n) is 2.90. The largest absolute Gasteiger partial charge is 0.469 e. The Morgan fingerprint density at radius 3 is 3.11 bits per heavy atom. The van der Waals surface area contributed by atoms with Crippen molar-refractivity contribution in [3.63, 3.8) is 0 Å². The molecular weight excluding hydrogens is 252 g/mol. The highest BCUT2D eigenvalue weighted by Crippen LogP contribution is 2.10. The highest BCUT2D eigenvalue weighted by molar-refractivity contribution is 7.80. The maximum Gasteiger partial charge on any atom is 0.223 e. The van der Waals surface area contributed by atoms with Crippen molar-refractivity contribution in [2.24, 2.45) is 5.73 Å². The Kier molecular flexibility index (Phi) is 4.33. The number of ether oxygens (including phenoxy) is 1. The van der Waals surface area contributed by atoms with Gasteiger partial charge in [0.15, 0.2) is 0 Å². The second kappa shape index (κ2) is 5.97. The second-order valence-electron chi connectivity index (χ2n) is 4.18. The van der Waals surface area contributed by atoms with Crippen LogP contribution in [-0.4, -0.2) is 41.6 Å². The number of morpholine rings is 1. The van der Waals surface area contributed by atoms with Crippen LogP contribution in [0.25, 0.3) is 0 Å². The molecule has 1 saturated heterocycles. The van der Waals surface area contributed by atoms with Gasteiger partial charge in [0.05, 0.1) is 19.4 Å². The van der Waals surface area contributed by atoms with Gasteiger partial charge < -0.3 is 19.8 Å². The first-order chi connectivity index (χ1) is 8.66. The average Bonchev–Trinajstić information content (AvgIpc) is 2.89. The summed E-state index contributed by atoms with van der Waals surface area (Å²) in [6.07, 6.45) is 2.33. The number of nitrogens with two attached hydrogens (primary N) is 1. The fourth-order valence-corrected chi connectivity index (χ4v) is 2.03.